The number of aliphatic hydroxyl groups excluding tert-OH is 1. The van der Waals surface area contributed by atoms with Crippen molar-refractivity contribution in [3.05, 3.63) is 28.2 Å². The van der Waals surface area contributed by atoms with Crippen LogP contribution in [-0.4, -0.2) is 18.2 Å². The van der Waals surface area contributed by atoms with Crippen LogP contribution in [0.5, 0.6) is 0 Å². The summed E-state index contributed by atoms with van der Waals surface area (Å²) in [7, 11) is 2.16. The predicted molar refractivity (Wildman–Crippen MR) is 75.4 cm³/mol. The normalized spacial score (nSPS) is 18.4. The Bertz CT molecular complexity index is 386. The molecule has 1 fully saturated rings. The molecule has 0 amide bonds. The standard InChI is InChI=1S/C14H20BrNO/c1-10(17)11-7-8-14(13(15)9-11)16(2)12-5-3-4-6-12/h7-10,12,17H,3-6H2,1-2H3/t10-/m0/s1. The average Bonchev–Trinajstić information content (AvgIpc) is 2.81. The fraction of sp³-hybridized carbons (Fsp3) is 0.571. The molecular formula is C14H20BrNO. The van der Waals surface area contributed by atoms with E-state index in [2.05, 4.69) is 33.9 Å². The fourth-order valence-electron chi connectivity index (χ4n) is 2.56. The molecule has 0 aliphatic heterocycles. The van der Waals surface area contributed by atoms with Gasteiger partial charge in [-0.15, -0.1) is 0 Å². The second-order valence-electron chi connectivity index (χ2n) is 4.94. The van der Waals surface area contributed by atoms with E-state index in [0.29, 0.717) is 6.04 Å². The first kappa shape index (κ1) is 12.9. The lowest BCUT2D eigenvalue weighted by Gasteiger charge is -2.28. The zero-order chi connectivity index (χ0) is 12.4. The van der Waals surface area contributed by atoms with Gasteiger partial charge in [-0.2, -0.15) is 0 Å². The van der Waals surface area contributed by atoms with Crippen LogP contribution in [0.3, 0.4) is 0 Å². The van der Waals surface area contributed by atoms with Gasteiger partial charge in [-0.05, 0) is 53.4 Å². The topological polar surface area (TPSA) is 23.5 Å². The Balaban J connectivity index is 2.20. The molecule has 94 valence electrons. The van der Waals surface area contributed by atoms with E-state index in [0.717, 1.165) is 10.0 Å². The smallest absolute Gasteiger partial charge is 0.0762 e. The van der Waals surface area contributed by atoms with Crippen LogP contribution in [0.15, 0.2) is 22.7 Å². The molecule has 0 spiro atoms. The molecule has 1 aliphatic carbocycles. The largest absolute Gasteiger partial charge is 0.389 e. The van der Waals surface area contributed by atoms with Gasteiger partial charge in [0.05, 0.1) is 11.8 Å². The van der Waals surface area contributed by atoms with Gasteiger partial charge in [-0.3, -0.25) is 0 Å². The van der Waals surface area contributed by atoms with Crippen molar-refractivity contribution in [3.8, 4) is 0 Å². The Hall–Kier alpha value is -0.540. The number of aliphatic hydroxyl groups is 1. The summed E-state index contributed by atoms with van der Waals surface area (Å²) in [5.74, 6) is 0. The summed E-state index contributed by atoms with van der Waals surface area (Å²) in [6.07, 6.45) is 4.87. The second kappa shape index (κ2) is 5.40. The van der Waals surface area contributed by atoms with E-state index in [4.69, 9.17) is 0 Å². The average molecular weight is 298 g/mol. The minimum Gasteiger partial charge on any atom is -0.389 e. The highest BCUT2D eigenvalue weighted by atomic mass is 79.9. The summed E-state index contributed by atoms with van der Waals surface area (Å²) in [6, 6.07) is 6.80. The van der Waals surface area contributed by atoms with E-state index < -0.39 is 6.10 Å². The summed E-state index contributed by atoms with van der Waals surface area (Å²) in [5, 5.41) is 9.55. The van der Waals surface area contributed by atoms with Crippen LogP contribution in [0.2, 0.25) is 0 Å². The van der Waals surface area contributed by atoms with E-state index in [9.17, 15) is 5.11 Å². The monoisotopic (exact) mass is 297 g/mol. The van der Waals surface area contributed by atoms with Gasteiger partial charge in [0.1, 0.15) is 0 Å². The van der Waals surface area contributed by atoms with Crippen molar-refractivity contribution in [1.82, 2.24) is 0 Å². The second-order valence-corrected chi connectivity index (χ2v) is 5.79. The van der Waals surface area contributed by atoms with Crippen LogP contribution < -0.4 is 4.90 Å². The molecule has 2 rings (SSSR count). The van der Waals surface area contributed by atoms with Crippen molar-refractivity contribution in [2.24, 2.45) is 0 Å². The van der Waals surface area contributed by atoms with E-state index in [1.807, 2.05) is 12.1 Å². The van der Waals surface area contributed by atoms with Crippen molar-refractivity contribution in [2.75, 3.05) is 11.9 Å². The lowest BCUT2D eigenvalue weighted by molar-refractivity contribution is 0.199. The molecule has 0 aromatic heterocycles. The van der Waals surface area contributed by atoms with Gasteiger partial charge in [-0.25, -0.2) is 0 Å². The molecule has 0 radical (unpaired) electrons. The number of anilines is 1. The van der Waals surface area contributed by atoms with Gasteiger partial charge >= 0.3 is 0 Å². The van der Waals surface area contributed by atoms with Crippen LogP contribution in [0, 0.1) is 0 Å². The predicted octanol–water partition coefficient (Wildman–Crippen LogP) is 3.88. The van der Waals surface area contributed by atoms with Gasteiger partial charge in [0, 0.05) is 17.6 Å². The molecule has 1 saturated carbocycles. The number of nitrogens with zero attached hydrogens (tertiary/aromatic N) is 1. The third kappa shape index (κ3) is 2.83. The van der Waals surface area contributed by atoms with Crippen LogP contribution in [0.25, 0.3) is 0 Å². The van der Waals surface area contributed by atoms with E-state index >= 15 is 0 Å². The van der Waals surface area contributed by atoms with E-state index in [-0.39, 0.29) is 0 Å². The highest BCUT2D eigenvalue weighted by Gasteiger charge is 2.21. The Morgan fingerprint density at radius 3 is 2.53 bits per heavy atom. The summed E-state index contributed by atoms with van der Waals surface area (Å²) in [6.45, 7) is 1.79. The SMILES string of the molecule is C[C@H](O)c1ccc(N(C)C2CCCC2)c(Br)c1. The summed E-state index contributed by atoms with van der Waals surface area (Å²) in [4.78, 5) is 2.36. The number of benzene rings is 1. The fourth-order valence-corrected chi connectivity index (χ4v) is 3.23. The molecule has 0 saturated heterocycles. The summed E-state index contributed by atoms with van der Waals surface area (Å²) in [5.41, 5.74) is 2.18. The van der Waals surface area contributed by atoms with Crippen LogP contribution in [0.1, 0.15) is 44.3 Å². The van der Waals surface area contributed by atoms with Gasteiger partial charge in [0.25, 0.3) is 0 Å². The Morgan fingerprint density at radius 2 is 2.00 bits per heavy atom. The maximum atomic E-state index is 9.55. The maximum Gasteiger partial charge on any atom is 0.0762 e. The molecule has 0 bridgehead atoms. The molecule has 1 aromatic rings. The highest BCUT2D eigenvalue weighted by Crippen LogP contribution is 2.33. The molecular weight excluding hydrogens is 278 g/mol. The molecule has 1 atom stereocenters. The van der Waals surface area contributed by atoms with Crippen molar-refractivity contribution in [3.63, 3.8) is 0 Å². The molecule has 2 nitrogen and oxygen atoms in total. The molecule has 0 heterocycles. The van der Waals surface area contributed by atoms with Crippen molar-refractivity contribution in [2.45, 2.75) is 44.8 Å². The van der Waals surface area contributed by atoms with Crippen LogP contribution >= 0.6 is 15.9 Å². The highest BCUT2D eigenvalue weighted by molar-refractivity contribution is 9.10. The van der Waals surface area contributed by atoms with Gasteiger partial charge in [0.15, 0.2) is 0 Å². The minimum atomic E-state index is -0.405. The van der Waals surface area contributed by atoms with Gasteiger partial charge in [0.2, 0.25) is 0 Å². The quantitative estimate of drug-likeness (QED) is 0.915. The first-order valence-electron chi connectivity index (χ1n) is 6.30. The van der Waals surface area contributed by atoms with Crippen molar-refractivity contribution < 1.29 is 5.11 Å². The lowest BCUT2D eigenvalue weighted by Crippen LogP contribution is -2.29. The van der Waals surface area contributed by atoms with Crippen LogP contribution in [0.4, 0.5) is 5.69 Å². The Labute approximate surface area is 112 Å². The molecule has 17 heavy (non-hydrogen) atoms. The number of hydrogen-bond donors (Lipinski definition) is 1. The summed E-state index contributed by atoms with van der Waals surface area (Å²) < 4.78 is 1.07. The van der Waals surface area contributed by atoms with E-state index in [1.54, 1.807) is 6.92 Å². The number of halogens is 1. The number of rotatable bonds is 3. The lowest BCUT2D eigenvalue weighted by atomic mass is 10.1. The third-order valence-corrected chi connectivity index (χ3v) is 4.34. The van der Waals surface area contributed by atoms with Crippen molar-refractivity contribution >= 4 is 21.6 Å². The minimum absolute atomic E-state index is 0.405. The Morgan fingerprint density at radius 1 is 1.35 bits per heavy atom. The Kier molecular flexibility index (Phi) is 4.10. The molecule has 3 heteroatoms. The third-order valence-electron chi connectivity index (χ3n) is 3.71. The molecule has 1 aliphatic rings. The van der Waals surface area contributed by atoms with Gasteiger partial charge in [-0.1, -0.05) is 18.9 Å². The zero-order valence-corrected chi connectivity index (χ0v) is 12.1. The first-order chi connectivity index (χ1) is 8.09. The maximum absolute atomic E-state index is 9.55. The van der Waals surface area contributed by atoms with E-state index in [1.165, 1.54) is 31.4 Å². The van der Waals surface area contributed by atoms with Crippen molar-refractivity contribution in [1.29, 1.82) is 0 Å². The molecule has 0 unspecified atom stereocenters. The van der Waals surface area contributed by atoms with Crippen LogP contribution in [-0.2, 0) is 0 Å². The summed E-state index contributed by atoms with van der Waals surface area (Å²) >= 11 is 3.61. The molecule has 1 N–H and O–H groups in total. The first-order valence-corrected chi connectivity index (χ1v) is 7.09. The zero-order valence-electron chi connectivity index (χ0n) is 10.5. The molecule has 1 aromatic carbocycles. The van der Waals surface area contributed by atoms with Gasteiger partial charge < -0.3 is 10.0 Å². The number of hydrogen-bond acceptors (Lipinski definition) is 2.